The van der Waals surface area contributed by atoms with Crippen LogP contribution in [0.5, 0.6) is 0 Å². The molecule has 0 bridgehead atoms. The molecule has 1 aliphatic heterocycles. The van der Waals surface area contributed by atoms with E-state index in [1.165, 1.54) is 0 Å². The molecule has 1 aromatic rings. The Kier molecular flexibility index (Phi) is 5.93. The summed E-state index contributed by atoms with van der Waals surface area (Å²) in [6.45, 7) is 5.24. The van der Waals surface area contributed by atoms with E-state index in [0.29, 0.717) is 6.54 Å². The van der Waals surface area contributed by atoms with Gasteiger partial charge in [-0.3, -0.25) is 14.5 Å². The fourth-order valence-corrected chi connectivity index (χ4v) is 2.94. The number of amides is 2. The number of carbonyl (C=O) groups is 2. The van der Waals surface area contributed by atoms with Crippen molar-refractivity contribution in [1.29, 1.82) is 0 Å². The molecule has 1 heterocycles. The fourth-order valence-electron chi connectivity index (χ4n) is 2.94. The highest BCUT2D eigenvalue weighted by Gasteiger charge is 2.33. The van der Waals surface area contributed by atoms with E-state index in [4.69, 9.17) is 0 Å². The van der Waals surface area contributed by atoms with Crippen molar-refractivity contribution in [2.45, 2.75) is 18.9 Å². The highest BCUT2D eigenvalue weighted by molar-refractivity contribution is 5.95. The topological polar surface area (TPSA) is 43.9 Å². The van der Waals surface area contributed by atoms with Gasteiger partial charge in [-0.05, 0) is 31.5 Å². The van der Waals surface area contributed by atoms with Gasteiger partial charge in [-0.15, -0.1) is 6.58 Å². The van der Waals surface area contributed by atoms with Gasteiger partial charge in [0.1, 0.15) is 0 Å². The van der Waals surface area contributed by atoms with Gasteiger partial charge in [0.15, 0.2) is 0 Å². The standard InChI is InChI=1S/C18H25N3O2/c1-4-12-21(15-9-6-5-7-10-15)17(22)14-20-13-8-11-16(20)18(23)19(2)3/h4-7,9-10,16H,1,8,11-14H2,2-3H3. The molecule has 2 rings (SSSR count). The lowest BCUT2D eigenvalue weighted by atomic mass is 10.2. The van der Waals surface area contributed by atoms with E-state index in [1.54, 1.807) is 30.0 Å². The molecule has 0 aliphatic carbocycles. The van der Waals surface area contributed by atoms with Crippen molar-refractivity contribution < 1.29 is 9.59 Å². The molecule has 1 aromatic carbocycles. The number of rotatable bonds is 6. The summed E-state index contributed by atoms with van der Waals surface area (Å²) >= 11 is 0. The number of likely N-dealkylation sites (N-methyl/N-ethyl adjacent to an activating group) is 1. The van der Waals surface area contributed by atoms with Gasteiger partial charge in [-0.1, -0.05) is 24.3 Å². The summed E-state index contributed by atoms with van der Waals surface area (Å²) in [4.78, 5) is 30.3. The van der Waals surface area contributed by atoms with Gasteiger partial charge in [-0.25, -0.2) is 0 Å². The van der Waals surface area contributed by atoms with Gasteiger partial charge in [-0.2, -0.15) is 0 Å². The number of anilines is 1. The molecule has 124 valence electrons. The Balaban J connectivity index is 2.09. The highest BCUT2D eigenvalue weighted by atomic mass is 16.2. The molecule has 1 unspecified atom stereocenters. The Morgan fingerprint density at radius 3 is 2.61 bits per heavy atom. The molecule has 0 aromatic heterocycles. The number of nitrogens with zero attached hydrogens (tertiary/aromatic N) is 3. The zero-order valence-corrected chi connectivity index (χ0v) is 13.9. The van der Waals surface area contributed by atoms with Crippen molar-refractivity contribution in [2.24, 2.45) is 0 Å². The van der Waals surface area contributed by atoms with Crippen LogP contribution in [0.2, 0.25) is 0 Å². The summed E-state index contributed by atoms with van der Waals surface area (Å²) < 4.78 is 0. The zero-order chi connectivity index (χ0) is 16.8. The lowest BCUT2D eigenvalue weighted by molar-refractivity contribution is -0.134. The minimum atomic E-state index is -0.185. The maximum Gasteiger partial charge on any atom is 0.241 e. The molecule has 23 heavy (non-hydrogen) atoms. The third-order valence-electron chi connectivity index (χ3n) is 4.11. The number of likely N-dealkylation sites (tertiary alicyclic amines) is 1. The summed E-state index contributed by atoms with van der Waals surface area (Å²) in [5, 5.41) is 0. The number of hydrogen-bond donors (Lipinski definition) is 0. The van der Waals surface area contributed by atoms with Crippen LogP contribution in [0.25, 0.3) is 0 Å². The zero-order valence-electron chi connectivity index (χ0n) is 13.9. The first kappa shape index (κ1) is 17.2. The van der Waals surface area contributed by atoms with Crippen LogP contribution in [-0.4, -0.2) is 61.4 Å². The minimum Gasteiger partial charge on any atom is -0.347 e. The van der Waals surface area contributed by atoms with Crippen molar-refractivity contribution in [2.75, 3.05) is 38.6 Å². The third kappa shape index (κ3) is 4.20. The molecule has 0 saturated carbocycles. The molecule has 0 radical (unpaired) electrons. The Hall–Kier alpha value is -2.14. The molecular formula is C18H25N3O2. The van der Waals surface area contributed by atoms with Gasteiger partial charge in [0.05, 0.1) is 12.6 Å². The Bertz CT molecular complexity index is 557. The molecule has 5 heteroatoms. The second-order valence-electron chi connectivity index (χ2n) is 5.99. The highest BCUT2D eigenvalue weighted by Crippen LogP contribution is 2.20. The van der Waals surface area contributed by atoms with E-state index < -0.39 is 0 Å². The van der Waals surface area contributed by atoms with E-state index in [9.17, 15) is 9.59 Å². The van der Waals surface area contributed by atoms with E-state index in [-0.39, 0.29) is 24.4 Å². The van der Waals surface area contributed by atoms with E-state index in [2.05, 4.69) is 6.58 Å². The largest absolute Gasteiger partial charge is 0.347 e. The predicted molar refractivity (Wildman–Crippen MR) is 92.3 cm³/mol. The van der Waals surface area contributed by atoms with Crippen LogP contribution in [0.1, 0.15) is 12.8 Å². The normalized spacial score (nSPS) is 17.7. The Morgan fingerprint density at radius 1 is 1.30 bits per heavy atom. The monoisotopic (exact) mass is 315 g/mol. The Morgan fingerprint density at radius 2 is 2.00 bits per heavy atom. The van der Waals surface area contributed by atoms with Gasteiger partial charge in [0.2, 0.25) is 11.8 Å². The van der Waals surface area contributed by atoms with Crippen LogP contribution in [0.15, 0.2) is 43.0 Å². The number of carbonyl (C=O) groups excluding carboxylic acids is 2. The second kappa shape index (κ2) is 7.92. The van der Waals surface area contributed by atoms with Crippen LogP contribution < -0.4 is 4.90 Å². The SMILES string of the molecule is C=CCN(C(=O)CN1CCCC1C(=O)N(C)C)c1ccccc1. The summed E-state index contributed by atoms with van der Waals surface area (Å²) in [6.07, 6.45) is 3.48. The van der Waals surface area contributed by atoms with Crippen LogP contribution in [0.3, 0.4) is 0 Å². The average Bonchev–Trinajstić information content (AvgIpc) is 3.00. The van der Waals surface area contributed by atoms with Gasteiger partial charge in [0, 0.05) is 26.3 Å². The van der Waals surface area contributed by atoms with Crippen LogP contribution in [0.4, 0.5) is 5.69 Å². The van der Waals surface area contributed by atoms with Crippen molar-refractivity contribution in [1.82, 2.24) is 9.80 Å². The van der Waals surface area contributed by atoms with E-state index >= 15 is 0 Å². The van der Waals surface area contributed by atoms with Crippen molar-refractivity contribution >= 4 is 17.5 Å². The summed E-state index contributed by atoms with van der Waals surface area (Å²) in [6, 6.07) is 9.38. The van der Waals surface area contributed by atoms with Crippen molar-refractivity contribution in [3.8, 4) is 0 Å². The summed E-state index contributed by atoms with van der Waals surface area (Å²) in [5.74, 6) is 0.0693. The van der Waals surface area contributed by atoms with Gasteiger partial charge < -0.3 is 9.80 Å². The van der Waals surface area contributed by atoms with Crippen molar-refractivity contribution in [3.05, 3.63) is 43.0 Å². The lowest BCUT2D eigenvalue weighted by Gasteiger charge is -2.28. The summed E-state index contributed by atoms with van der Waals surface area (Å²) in [7, 11) is 3.52. The minimum absolute atomic E-state index is 0.00504. The molecule has 2 amide bonds. The van der Waals surface area contributed by atoms with Crippen molar-refractivity contribution in [3.63, 3.8) is 0 Å². The average molecular weight is 315 g/mol. The first-order valence-electron chi connectivity index (χ1n) is 7.96. The second-order valence-corrected chi connectivity index (χ2v) is 5.99. The van der Waals surface area contributed by atoms with E-state index in [1.807, 2.05) is 35.2 Å². The molecule has 0 spiro atoms. The Labute approximate surface area is 138 Å². The fraction of sp³-hybridized carbons (Fsp3) is 0.444. The maximum atomic E-state index is 12.7. The third-order valence-corrected chi connectivity index (χ3v) is 4.11. The maximum absolute atomic E-state index is 12.7. The molecule has 1 atom stereocenters. The molecule has 0 N–H and O–H groups in total. The molecule has 1 fully saturated rings. The molecular weight excluding hydrogens is 290 g/mol. The first-order chi connectivity index (χ1) is 11.0. The molecule has 5 nitrogen and oxygen atoms in total. The van der Waals surface area contributed by atoms with Gasteiger partial charge in [0.25, 0.3) is 0 Å². The van der Waals surface area contributed by atoms with Crippen LogP contribution in [0, 0.1) is 0 Å². The number of benzene rings is 1. The number of hydrogen-bond acceptors (Lipinski definition) is 3. The summed E-state index contributed by atoms with van der Waals surface area (Å²) in [5.41, 5.74) is 0.854. The number of para-hydroxylation sites is 1. The van der Waals surface area contributed by atoms with Gasteiger partial charge >= 0.3 is 0 Å². The quantitative estimate of drug-likeness (QED) is 0.751. The van der Waals surface area contributed by atoms with E-state index in [0.717, 1.165) is 25.1 Å². The lowest BCUT2D eigenvalue weighted by Crippen LogP contribution is -2.47. The first-order valence-corrected chi connectivity index (χ1v) is 7.96. The molecule has 1 saturated heterocycles. The predicted octanol–water partition coefficient (Wildman–Crippen LogP) is 1.76. The smallest absolute Gasteiger partial charge is 0.241 e. The van der Waals surface area contributed by atoms with Crippen LogP contribution in [-0.2, 0) is 9.59 Å². The van der Waals surface area contributed by atoms with Crippen LogP contribution >= 0.6 is 0 Å². The molecule has 1 aliphatic rings.